The Balaban J connectivity index is 2.25. The van der Waals surface area contributed by atoms with Crippen molar-refractivity contribution in [2.75, 3.05) is 11.9 Å². The van der Waals surface area contributed by atoms with E-state index < -0.39 is 0 Å². The number of aromatic nitrogens is 3. The summed E-state index contributed by atoms with van der Waals surface area (Å²) in [7, 11) is 1.83. The minimum absolute atomic E-state index is 0.0559. The van der Waals surface area contributed by atoms with E-state index >= 15 is 0 Å². The van der Waals surface area contributed by atoms with Crippen LogP contribution in [0.25, 0.3) is 0 Å². The first-order valence-electron chi connectivity index (χ1n) is 5.08. The highest BCUT2D eigenvalue weighted by Gasteiger charge is 2.12. The van der Waals surface area contributed by atoms with E-state index in [0.29, 0.717) is 17.4 Å². The van der Waals surface area contributed by atoms with Crippen LogP contribution in [0.2, 0.25) is 15.5 Å². The summed E-state index contributed by atoms with van der Waals surface area (Å²) in [5.41, 5.74) is 0.965. The highest BCUT2D eigenvalue weighted by Crippen LogP contribution is 2.24. The van der Waals surface area contributed by atoms with Gasteiger partial charge in [0.25, 0.3) is 0 Å². The summed E-state index contributed by atoms with van der Waals surface area (Å²) in [6.07, 6.45) is 0. The fourth-order valence-electron chi connectivity index (χ4n) is 1.49. The van der Waals surface area contributed by atoms with E-state index in [9.17, 15) is 0 Å². The van der Waals surface area contributed by atoms with Gasteiger partial charge in [-0.15, -0.1) is 10.2 Å². The molecule has 1 aromatic heterocycles. The monoisotopic (exact) mass is 302 g/mol. The van der Waals surface area contributed by atoms with Gasteiger partial charge in [-0.05, 0) is 23.2 Å². The minimum Gasteiger partial charge on any atom is -0.353 e. The third-order valence-electron chi connectivity index (χ3n) is 2.33. The first-order valence-corrected chi connectivity index (χ1v) is 6.21. The van der Waals surface area contributed by atoms with Crippen LogP contribution in [0.4, 0.5) is 5.82 Å². The highest BCUT2D eigenvalue weighted by atomic mass is 35.5. The Hall–Kier alpha value is -1.10. The standard InChI is InChI=1S/C11H9Cl3N4/c1-18(6-7-4-2-3-5-8(7)12)10-9(13)16-17-11(14)15-10/h2-5H,6H2,1H3. The van der Waals surface area contributed by atoms with Gasteiger partial charge in [-0.2, -0.15) is 4.98 Å². The number of halogens is 3. The lowest BCUT2D eigenvalue weighted by Gasteiger charge is -2.19. The Bertz CT molecular complexity index is 562. The summed E-state index contributed by atoms with van der Waals surface area (Å²) in [6, 6.07) is 7.56. The predicted octanol–water partition coefficient (Wildman–Crippen LogP) is 3.47. The van der Waals surface area contributed by atoms with Crippen LogP contribution in [0.1, 0.15) is 5.56 Å². The molecule has 2 aromatic rings. The summed E-state index contributed by atoms with van der Waals surface area (Å²) in [5, 5.41) is 8.22. The van der Waals surface area contributed by atoms with Crippen molar-refractivity contribution in [3.8, 4) is 0 Å². The second-order valence-electron chi connectivity index (χ2n) is 3.64. The first kappa shape index (κ1) is 13.3. The van der Waals surface area contributed by atoms with Crippen LogP contribution < -0.4 is 4.90 Å². The summed E-state index contributed by atoms with van der Waals surface area (Å²) in [5.74, 6) is 0.469. The molecule has 2 rings (SSSR count). The van der Waals surface area contributed by atoms with Gasteiger partial charge in [0.05, 0.1) is 0 Å². The average Bonchev–Trinajstić information content (AvgIpc) is 2.35. The molecule has 0 aliphatic rings. The molecule has 1 aromatic carbocycles. The van der Waals surface area contributed by atoms with Gasteiger partial charge in [-0.25, -0.2) is 0 Å². The van der Waals surface area contributed by atoms with E-state index in [1.807, 2.05) is 36.2 Å². The Morgan fingerprint density at radius 3 is 2.56 bits per heavy atom. The van der Waals surface area contributed by atoms with Crippen LogP contribution in [-0.4, -0.2) is 22.2 Å². The van der Waals surface area contributed by atoms with E-state index in [1.54, 1.807) is 0 Å². The predicted molar refractivity (Wildman–Crippen MR) is 73.4 cm³/mol. The van der Waals surface area contributed by atoms with Crippen molar-refractivity contribution >= 4 is 40.6 Å². The molecular formula is C11H9Cl3N4. The third kappa shape index (κ3) is 3.02. The van der Waals surface area contributed by atoms with Gasteiger partial charge in [-0.3, -0.25) is 0 Å². The maximum absolute atomic E-state index is 6.09. The second kappa shape index (κ2) is 5.69. The molecule has 0 radical (unpaired) electrons. The highest BCUT2D eigenvalue weighted by molar-refractivity contribution is 6.32. The summed E-state index contributed by atoms with van der Waals surface area (Å²) in [4.78, 5) is 5.85. The fourth-order valence-corrected chi connectivity index (χ4v) is 2.02. The third-order valence-corrected chi connectivity index (χ3v) is 3.10. The molecule has 4 nitrogen and oxygen atoms in total. The molecule has 0 bridgehead atoms. The fraction of sp³-hybridized carbons (Fsp3) is 0.182. The van der Waals surface area contributed by atoms with E-state index in [-0.39, 0.29) is 10.4 Å². The van der Waals surface area contributed by atoms with Crippen LogP contribution in [0, 0.1) is 0 Å². The Labute approximate surface area is 120 Å². The summed E-state index contributed by atoms with van der Waals surface area (Å²) in [6.45, 7) is 0.550. The van der Waals surface area contributed by atoms with Gasteiger partial charge in [0.15, 0.2) is 11.0 Å². The van der Waals surface area contributed by atoms with Crippen molar-refractivity contribution in [1.29, 1.82) is 0 Å². The average molecular weight is 304 g/mol. The lowest BCUT2D eigenvalue weighted by Crippen LogP contribution is -2.19. The molecule has 0 saturated heterocycles. The van der Waals surface area contributed by atoms with Crippen molar-refractivity contribution in [3.63, 3.8) is 0 Å². The first-order chi connectivity index (χ1) is 8.58. The van der Waals surface area contributed by atoms with Gasteiger partial charge >= 0.3 is 0 Å². The van der Waals surface area contributed by atoms with Gasteiger partial charge < -0.3 is 4.90 Å². The molecule has 1 heterocycles. The number of nitrogens with zero attached hydrogens (tertiary/aromatic N) is 4. The lowest BCUT2D eigenvalue weighted by molar-refractivity contribution is 0.863. The molecule has 18 heavy (non-hydrogen) atoms. The summed E-state index contributed by atoms with van der Waals surface area (Å²) >= 11 is 17.7. The van der Waals surface area contributed by atoms with Crippen molar-refractivity contribution in [2.45, 2.75) is 6.54 Å². The molecule has 94 valence electrons. The Kier molecular flexibility index (Phi) is 4.22. The van der Waals surface area contributed by atoms with Crippen molar-refractivity contribution in [1.82, 2.24) is 15.2 Å². The molecule has 0 N–H and O–H groups in total. The molecule has 0 aliphatic heterocycles. The molecule has 0 saturated carbocycles. The van der Waals surface area contributed by atoms with Crippen molar-refractivity contribution < 1.29 is 0 Å². The SMILES string of the molecule is CN(Cc1ccccc1Cl)c1nc(Cl)nnc1Cl. The van der Waals surface area contributed by atoms with Gasteiger partial charge in [0.2, 0.25) is 5.28 Å². The molecule has 0 aliphatic carbocycles. The van der Waals surface area contributed by atoms with Crippen LogP contribution in [0.5, 0.6) is 0 Å². The molecule has 0 atom stereocenters. The maximum atomic E-state index is 6.09. The van der Waals surface area contributed by atoms with Gasteiger partial charge in [-0.1, -0.05) is 41.4 Å². The lowest BCUT2D eigenvalue weighted by atomic mass is 10.2. The topological polar surface area (TPSA) is 41.9 Å². The second-order valence-corrected chi connectivity index (χ2v) is 4.75. The molecule has 0 spiro atoms. The van der Waals surface area contributed by atoms with Gasteiger partial charge in [0.1, 0.15) is 0 Å². The van der Waals surface area contributed by atoms with Crippen molar-refractivity contribution in [2.24, 2.45) is 0 Å². The van der Waals surface area contributed by atoms with E-state index in [4.69, 9.17) is 34.8 Å². The van der Waals surface area contributed by atoms with E-state index in [2.05, 4.69) is 15.2 Å². The molecule has 0 unspecified atom stereocenters. The van der Waals surface area contributed by atoms with Crippen LogP contribution in [-0.2, 0) is 6.54 Å². The number of anilines is 1. The van der Waals surface area contributed by atoms with Crippen LogP contribution in [0.3, 0.4) is 0 Å². The molecule has 7 heteroatoms. The van der Waals surface area contributed by atoms with E-state index in [1.165, 1.54) is 0 Å². The van der Waals surface area contributed by atoms with Crippen LogP contribution >= 0.6 is 34.8 Å². The molecule has 0 amide bonds. The zero-order valence-corrected chi connectivity index (χ0v) is 11.7. The largest absolute Gasteiger partial charge is 0.353 e. The minimum atomic E-state index is 0.0559. The van der Waals surface area contributed by atoms with Crippen LogP contribution in [0.15, 0.2) is 24.3 Å². The molecule has 0 fully saturated rings. The zero-order valence-electron chi connectivity index (χ0n) is 9.44. The number of rotatable bonds is 3. The molecular weight excluding hydrogens is 295 g/mol. The van der Waals surface area contributed by atoms with E-state index in [0.717, 1.165) is 5.56 Å². The number of benzene rings is 1. The summed E-state index contributed by atoms with van der Waals surface area (Å²) < 4.78 is 0. The number of hydrogen-bond donors (Lipinski definition) is 0. The smallest absolute Gasteiger partial charge is 0.245 e. The normalized spacial score (nSPS) is 10.4. The Morgan fingerprint density at radius 1 is 1.11 bits per heavy atom. The maximum Gasteiger partial charge on any atom is 0.245 e. The Morgan fingerprint density at radius 2 is 1.83 bits per heavy atom. The van der Waals surface area contributed by atoms with Gasteiger partial charge in [0, 0.05) is 18.6 Å². The van der Waals surface area contributed by atoms with Crippen molar-refractivity contribution in [3.05, 3.63) is 45.3 Å². The zero-order chi connectivity index (χ0) is 13.1. The number of hydrogen-bond acceptors (Lipinski definition) is 4. The quantitative estimate of drug-likeness (QED) is 0.870.